The van der Waals surface area contributed by atoms with Gasteiger partial charge in [0, 0.05) is 33.0 Å². The van der Waals surface area contributed by atoms with Crippen molar-refractivity contribution in [2.24, 2.45) is 0 Å². The van der Waals surface area contributed by atoms with Crippen LogP contribution in [0.2, 0.25) is 0 Å². The molecule has 0 aromatic heterocycles. The third-order valence-electron chi connectivity index (χ3n) is 8.44. The molecule has 0 aliphatic heterocycles. The molecule has 0 spiro atoms. The molecule has 188 valence electrons. The Kier molecular flexibility index (Phi) is 5.53. The summed E-state index contributed by atoms with van der Waals surface area (Å²) in [5.41, 5.74) is 6.91. The van der Waals surface area contributed by atoms with Crippen molar-refractivity contribution in [1.82, 2.24) is 0 Å². The van der Waals surface area contributed by atoms with Gasteiger partial charge >= 0.3 is 0 Å². The first-order chi connectivity index (χ1) is 18.3. The third-order valence-corrected chi connectivity index (χ3v) is 8.44. The predicted molar refractivity (Wildman–Crippen MR) is 148 cm³/mol. The zero-order chi connectivity index (χ0) is 26.9. The van der Waals surface area contributed by atoms with Crippen LogP contribution in [0.15, 0.2) is 60.7 Å². The Bertz CT molecular complexity index is 1540. The third kappa shape index (κ3) is 3.16. The Morgan fingerprint density at radius 2 is 0.816 bits per heavy atom. The normalized spacial score (nSPS) is 15.6. The van der Waals surface area contributed by atoms with Crippen molar-refractivity contribution in [3.63, 3.8) is 0 Å². The van der Waals surface area contributed by atoms with Crippen LogP contribution in [0.3, 0.4) is 0 Å². The van der Waals surface area contributed by atoms with E-state index in [1.165, 1.54) is 0 Å². The van der Waals surface area contributed by atoms with E-state index in [2.05, 4.69) is 0 Å². The topological polar surface area (TPSA) is 68.3 Å². The summed E-state index contributed by atoms with van der Waals surface area (Å²) in [4.78, 5) is 55.8. The van der Waals surface area contributed by atoms with Crippen LogP contribution in [0.25, 0.3) is 10.8 Å². The molecule has 4 aromatic rings. The van der Waals surface area contributed by atoms with Gasteiger partial charge in [-0.2, -0.15) is 0 Å². The number of hydrogen-bond donors (Lipinski definition) is 0. The summed E-state index contributed by atoms with van der Waals surface area (Å²) in [6.07, 6.45) is 1.41. The van der Waals surface area contributed by atoms with Gasteiger partial charge in [0.1, 0.15) is 11.8 Å². The summed E-state index contributed by atoms with van der Waals surface area (Å²) < 4.78 is 0. The molecule has 2 aliphatic carbocycles. The first-order valence-electron chi connectivity index (χ1n) is 13.2. The van der Waals surface area contributed by atoms with E-state index in [0.29, 0.717) is 45.9 Å². The van der Waals surface area contributed by atoms with Gasteiger partial charge in [0.15, 0.2) is 23.1 Å². The van der Waals surface area contributed by atoms with Gasteiger partial charge in [0.2, 0.25) is 0 Å². The van der Waals surface area contributed by atoms with Crippen molar-refractivity contribution in [3.8, 4) is 0 Å². The van der Waals surface area contributed by atoms with Crippen molar-refractivity contribution in [2.45, 2.75) is 52.4 Å². The van der Waals surface area contributed by atoms with E-state index in [0.717, 1.165) is 33.4 Å². The fourth-order valence-electron chi connectivity index (χ4n) is 6.63. The SMILES string of the molecule is CCc1cccc(C)c1C1C(=O)c2ccc3c4c(ccc(c24)C1=O)C(=O)C(c1c(C)cccc1CC)C3=O. The monoisotopic (exact) mass is 500 g/mol. The molecule has 0 radical (unpaired) electrons. The second kappa shape index (κ2) is 8.70. The Balaban J connectivity index is 1.58. The van der Waals surface area contributed by atoms with E-state index >= 15 is 0 Å². The van der Waals surface area contributed by atoms with Gasteiger partial charge in [-0.1, -0.05) is 50.2 Å². The minimum atomic E-state index is -0.931. The van der Waals surface area contributed by atoms with Crippen molar-refractivity contribution in [1.29, 1.82) is 0 Å². The number of Topliss-reactive ketones (excluding diaryl/α,β-unsaturated/α-hetero) is 4. The number of aryl methyl sites for hydroxylation is 4. The minimum absolute atomic E-state index is 0.274. The average Bonchev–Trinajstić information content (AvgIpc) is 2.92. The molecular weight excluding hydrogens is 472 g/mol. The molecule has 4 heteroatoms. The van der Waals surface area contributed by atoms with Crippen LogP contribution in [0.1, 0.15) is 100 Å². The van der Waals surface area contributed by atoms with Crippen LogP contribution < -0.4 is 0 Å². The van der Waals surface area contributed by atoms with Crippen molar-refractivity contribution >= 4 is 33.9 Å². The minimum Gasteiger partial charge on any atom is -0.293 e. The number of carbonyl (C=O) groups excluding carboxylic acids is 4. The summed E-state index contributed by atoms with van der Waals surface area (Å²) in [5, 5.41) is 0.886. The molecule has 0 amide bonds. The number of hydrogen-bond acceptors (Lipinski definition) is 4. The lowest BCUT2D eigenvalue weighted by molar-refractivity contribution is 0.0834. The van der Waals surface area contributed by atoms with Gasteiger partial charge in [0.25, 0.3) is 0 Å². The van der Waals surface area contributed by atoms with Crippen LogP contribution >= 0.6 is 0 Å². The maximum absolute atomic E-state index is 13.9. The van der Waals surface area contributed by atoms with E-state index in [1.54, 1.807) is 24.3 Å². The van der Waals surface area contributed by atoms with Gasteiger partial charge in [0.05, 0.1) is 0 Å². The van der Waals surface area contributed by atoms with E-state index in [1.807, 2.05) is 64.1 Å². The van der Waals surface area contributed by atoms with Crippen LogP contribution in [-0.2, 0) is 12.8 Å². The predicted octanol–water partition coefficient (Wildman–Crippen LogP) is 6.91. The molecule has 2 aliphatic rings. The molecule has 0 unspecified atom stereocenters. The zero-order valence-corrected chi connectivity index (χ0v) is 22.0. The molecule has 0 N–H and O–H groups in total. The molecule has 0 fully saturated rings. The first-order valence-corrected chi connectivity index (χ1v) is 13.2. The summed E-state index contributed by atoms with van der Waals surface area (Å²) in [7, 11) is 0. The fourth-order valence-corrected chi connectivity index (χ4v) is 6.63. The molecular formula is C34H28O4. The molecule has 4 nitrogen and oxygen atoms in total. The molecule has 0 saturated carbocycles. The second-order valence-corrected chi connectivity index (χ2v) is 10.4. The summed E-state index contributed by atoms with van der Waals surface area (Å²) in [5.74, 6) is -2.96. The second-order valence-electron chi connectivity index (χ2n) is 10.4. The number of carbonyl (C=O) groups is 4. The smallest absolute Gasteiger partial charge is 0.178 e. The molecule has 0 bridgehead atoms. The van der Waals surface area contributed by atoms with Crippen LogP contribution in [-0.4, -0.2) is 23.1 Å². The highest BCUT2D eigenvalue weighted by Crippen LogP contribution is 2.45. The highest BCUT2D eigenvalue weighted by Gasteiger charge is 2.44. The maximum atomic E-state index is 13.9. The molecule has 0 heterocycles. The van der Waals surface area contributed by atoms with Crippen LogP contribution in [0.5, 0.6) is 0 Å². The highest BCUT2D eigenvalue weighted by atomic mass is 16.2. The quantitative estimate of drug-likeness (QED) is 0.286. The standard InChI is InChI=1S/C34H28O4/c1-5-19-11-7-9-17(3)25(19)29-31(35)21-13-15-23-28-24(16-14-22(27(21)28)32(29)36)34(38)30(33(23)37)26-18(4)10-8-12-20(26)6-2/h7-16,29-30H,5-6H2,1-4H3. The van der Waals surface area contributed by atoms with Crippen molar-refractivity contribution in [3.05, 3.63) is 116 Å². The molecule has 6 rings (SSSR count). The summed E-state index contributed by atoms with van der Waals surface area (Å²) >= 11 is 0. The maximum Gasteiger partial charge on any atom is 0.178 e. The van der Waals surface area contributed by atoms with E-state index in [-0.39, 0.29) is 23.1 Å². The lowest BCUT2D eigenvalue weighted by Crippen LogP contribution is -2.32. The summed E-state index contributed by atoms with van der Waals surface area (Å²) in [6, 6.07) is 18.4. The van der Waals surface area contributed by atoms with Gasteiger partial charge in [-0.15, -0.1) is 0 Å². The Morgan fingerprint density at radius 3 is 1.11 bits per heavy atom. The summed E-state index contributed by atoms with van der Waals surface area (Å²) in [6.45, 7) is 7.89. The highest BCUT2D eigenvalue weighted by molar-refractivity contribution is 6.39. The number of ketones is 4. The fraction of sp³-hybridized carbons (Fsp3) is 0.235. The van der Waals surface area contributed by atoms with Gasteiger partial charge in [-0.25, -0.2) is 0 Å². The van der Waals surface area contributed by atoms with Crippen molar-refractivity contribution in [2.75, 3.05) is 0 Å². The molecule has 4 aromatic carbocycles. The number of benzene rings is 4. The Morgan fingerprint density at radius 1 is 0.500 bits per heavy atom. The molecule has 38 heavy (non-hydrogen) atoms. The van der Waals surface area contributed by atoms with Gasteiger partial charge in [-0.05, 0) is 84.3 Å². The first kappa shape index (κ1) is 24.2. The van der Waals surface area contributed by atoms with Gasteiger partial charge < -0.3 is 0 Å². The van der Waals surface area contributed by atoms with E-state index in [4.69, 9.17) is 0 Å². The average molecular weight is 501 g/mol. The largest absolute Gasteiger partial charge is 0.293 e. The molecule has 0 atom stereocenters. The van der Waals surface area contributed by atoms with Crippen molar-refractivity contribution < 1.29 is 19.2 Å². The lowest BCUT2D eigenvalue weighted by atomic mass is 9.69. The Hall–Kier alpha value is -4.18. The molecule has 0 saturated heterocycles. The van der Waals surface area contributed by atoms with E-state index < -0.39 is 11.8 Å². The van der Waals surface area contributed by atoms with Crippen LogP contribution in [0.4, 0.5) is 0 Å². The Labute approximate surface area is 221 Å². The van der Waals surface area contributed by atoms with Crippen LogP contribution in [0, 0.1) is 13.8 Å². The lowest BCUT2D eigenvalue weighted by Gasteiger charge is -2.30. The van der Waals surface area contributed by atoms with E-state index in [9.17, 15) is 19.2 Å². The number of rotatable bonds is 4. The zero-order valence-electron chi connectivity index (χ0n) is 22.0. The van der Waals surface area contributed by atoms with Gasteiger partial charge in [-0.3, -0.25) is 19.2 Å².